The summed E-state index contributed by atoms with van der Waals surface area (Å²) in [5.41, 5.74) is 9.66. The number of nitrogens with two attached hydrogens (primary N) is 1. The molecule has 20 heavy (non-hydrogen) atoms. The van der Waals surface area contributed by atoms with Gasteiger partial charge in [-0.05, 0) is 54.8 Å². The van der Waals surface area contributed by atoms with E-state index in [9.17, 15) is 0 Å². The van der Waals surface area contributed by atoms with E-state index >= 15 is 0 Å². The molecule has 0 fully saturated rings. The smallest absolute Gasteiger partial charge is 0.119 e. The van der Waals surface area contributed by atoms with E-state index in [0.29, 0.717) is 6.61 Å². The van der Waals surface area contributed by atoms with Crippen molar-refractivity contribution in [3.63, 3.8) is 0 Å². The first-order chi connectivity index (χ1) is 9.65. The maximum absolute atomic E-state index is 6.35. The molecule has 2 rings (SSSR count). The highest BCUT2D eigenvalue weighted by Gasteiger charge is 2.12. The summed E-state index contributed by atoms with van der Waals surface area (Å²) in [5.74, 6) is 1.72. The quantitative estimate of drug-likeness (QED) is 0.906. The van der Waals surface area contributed by atoms with Crippen LogP contribution in [0.15, 0.2) is 42.5 Å². The van der Waals surface area contributed by atoms with Crippen LogP contribution in [0.25, 0.3) is 0 Å². The van der Waals surface area contributed by atoms with Crippen LogP contribution in [0, 0.1) is 6.92 Å². The molecule has 0 aliphatic heterocycles. The molecule has 0 amide bonds. The molecule has 0 saturated carbocycles. The first-order valence-corrected chi connectivity index (χ1v) is 6.78. The molecular formula is C17H21NO2. The molecule has 0 radical (unpaired) electrons. The Kier molecular flexibility index (Phi) is 4.64. The van der Waals surface area contributed by atoms with E-state index in [0.717, 1.165) is 28.2 Å². The molecule has 1 unspecified atom stereocenters. The predicted octanol–water partition coefficient (Wildman–Crippen LogP) is 3.45. The number of hydrogen-bond acceptors (Lipinski definition) is 3. The van der Waals surface area contributed by atoms with Gasteiger partial charge in [-0.3, -0.25) is 0 Å². The fourth-order valence-electron chi connectivity index (χ4n) is 2.24. The van der Waals surface area contributed by atoms with Gasteiger partial charge in [-0.2, -0.15) is 0 Å². The Morgan fingerprint density at radius 1 is 1.05 bits per heavy atom. The van der Waals surface area contributed by atoms with Crippen LogP contribution < -0.4 is 15.2 Å². The molecule has 0 spiro atoms. The summed E-state index contributed by atoms with van der Waals surface area (Å²) in [6.45, 7) is 4.69. The third-order valence-corrected chi connectivity index (χ3v) is 3.36. The SMILES string of the molecule is CCOc1ccc(C(N)c2ccc(OC)cc2C)cc1. The van der Waals surface area contributed by atoms with Crippen LogP contribution in [0.2, 0.25) is 0 Å². The summed E-state index contributed by atoms with van der Waals surface area (Å²) in [6.07, 6.45) is 0. The van der Waals surface area contributed by atoms with Gasteiger partial charge in [0.05, 0.1) is 19.8 Å². The van der Waals surface area contributed by atoms with Gasteiger partial charge < -0.3 is 15.2 Å². The Hall–Kier alpha value is -2.00. The molecule has 0 aromatic heterocycles. The van der Waals surface area contributed by atoms with Crippen LogP contribution in [0.3, 0.4) is 0 Å². The second-order valence-corrected chi connectivity index (χ2v) is 4.70. The van der Waals surface area contributed by atoms with Crippen LogP contribution in [-0.2, 0) is 0 Å². The minimum atomic E-state index is -0.142. The van der Waals surface area contributed by atoms with E-state index in [4.69, 9.17) is 15.2 Å². The number of rotatable bonds is 5. The van der Waals surface area contributed by atoms with Gasteiger partial charge in [-0.15, -0.1) is 0 Å². The van der Waals surface area contributed by atoms with Crippen molar-refractivity contribution in [1.82, 2.24) is 0 Å². The van der Waals surface area contributed by atoms with Gasteiger partial charge in [0.25, 0.3) is 0 Å². The van der Waals surface area contributed by atoms with Gasteiger partial charge in [0.1, 0.15) is 11.5 Å². The fraction of sp³-hybridized carbons (Fsp3) is 0.294. The number of methoxy groups -OCH3 is 1. The van der Waals surface area contributed by atoms with Crippen LogP contribution in [0.5, 0.6) is 11.5 Å². The molecule has 0 aliphatic carbocycles. The summed E-state index contributed by atoms with van der Waals surface area (Å²) in [6, 6.07) is 13.8. The molecule has 0 bridgehead atoms. The number of hydrogen-bond donors (Lipinski definition) is 1. The summed E-state index contributed by atoms with van der Waals surface area (Å²) < 4.78 is 10.7. The van der Waals surface area contributed by atoms with Gasteiger partial charge in [0.15, 0.2) is 0 Å². The zero-order valence-corrected chi connectivity index (χ0v) is 12.2. The van der Waals surface area contributed by atoms with Crippen molar-refractivity contribution < 1.29 is 9.47 Å². The lowest BCUT2D eigenvalue weighted by molar-refractivity contribution is 0.340. The highest BCUT2D eigenvalue weighted by molar-refractivity contribution is 5.42. The topological polar surface area (TPSA) is 44.5 Å². The predicted molar refractivity (Wildman–Crippen MR) is 81.4 cm³/mol. The average molecular weight is 271 g/mol. The van der Waals surface area contributed by atoms with Crippen molar-refractivity contribution in [2.45, 2.75) is 19.9 Å². The van der Waals surface area contributed by atoms with Gasteiger partial charge in [0.2, 0.25) is 0 Å². The molecule has 1 atom stereocenters. The lowest BCUT2D eigenvalue weighted by Crippen LogP contribution is -2.13. The maximum Gasteiger partial charge on any atom is 0.119 e. The van der Waals surface area contributed by atoms with Crippen molar-refractivity contribution in [3.05, 3.63) is 59.2 Å². The molecule has 3 nitrogen and oxygen atoms in total. The minimum absolute atomic E-state index is 0.142. The highest BCUT2D eigenvalue weighted by Crippen LogP contribution is 2.26. The maximum atomic E-state index is 6.35. The van der Waals surface area contributed by atoms with Gasteiger partial charge in [-0.25, -0.2) is 0 Å². The number of ether oxygens (including phenoxy) is 2. The van der Waals surface area contributed by atoms with Crippen molar-refractivity contribution >= 4 is 0 Å². The number of aryl methyl sites for hydroxylation is 1. The van der Waals surface area contributed by atoms with Gasteiger partial charge in [-0.1, -0.05) is 18.2 Å². The zero-order valence-electron chi connectivity index (χ0n) is 12.2. The van der Waals surface area contributed by atoms with Gasteiger partial charge in [0, 0.05) is 0 Å². The Morgan fingerprint density at radius 2 is 1.70 bits per heavy atom. The molecule has 0 aliphatic rings. The van der Waals surface area contributed by atoms with Crippen molar-refractivity contribution in [3.8, 4) is 11.5 Å². The van der Waals surface area contributed by atoms with Crippen molar-refractivity contribution in [2.75, 3.05) is 13.7 Å². The van der Waals surface area contributed by atoms with E-state index in [1.165, 1.54) is 0 Å². The van der Waals surface area contributed by atoms with E-state index in [1.807, 2.05) is 56.3 Å². The normalized spacial score (nSPS) is 12.0. The van der Waals surface area contributed by atoms with Crippen LogP contribution >= 0.6 is 0 Å². The summed E-state index contributed by atoms with van der Waals surface area (Å²) >= 11 is 0. The van der Waals surface area contributed by atoms with Crippen LogP contribution in [0.4, 0.5) is 0 Å². The lowest BCUT2D eigenvalue weighted by atomic mass is 9.95. The molecule has 3 heteroatoms. The molecule has 2 aromatic rings. The van der Waals surface area contributed by atoms with Crippen molar-refractivity contribution in [1.29, 1.82) is 0 Å². The van der Waals surface area contributed by atoms with E-state index in [1.54, 1.807) is 7.11 Å². The number of benzene rings is 2. The fourth-order valence-corrected chi connectivity index (χ4v) is 2.24. The summed E-state index contributed by atoms with van der Waals surface area (Å²) in [4.78, 5) is 0. The minimum Gasteiger partial charge on any atom is -0.497 e. The first kappa shape index (κ1) is 14.4. The molecule has 2 N–H and O–H groups in total. The third kappa shape index (κ3) is 3.11. The Bertz CT molecular complexity index is 564. The summed E-state index contributed by atoms with van der Waals surface area (Å²) in [5, 5.41) is 0. The Labute approximate surface area is 120 Å². The monoisotopic (exact) mass is 271 g/mol. The Morgan fingerprint density at radius 3 is 2.25 bits per heavy atom. The molecule has 106 valence electrons. The molecular weight excluding hydrogens is 250 g/mol. The standard InChI is InChI=1S/C17H21NO2/c1-4-20-14-7-5-13(6-8-14)17(18)16-10-9-15(19-3)11-12(16)2/h5-11,17H,4,18H2,1-3H3. The third-order valence-electron chi connectivity index (χ3n) is 3.36. The largest absolute Gasteiger partial charge is 0.497 e. The molecule has 0 heterocycles. The first-order valence-electron chi connectivity index (χ1n) is 6.78. The van der Waals surface area contributed by atoms with Crippen LogP contribution in [-0.4, -0.2) is 13.7 Å². The van der Waals surface area contributed by atoms with Crippen molar-refractivity contribution in [2.24, 2.45) is 5.73 Å². The van der Waals surface area contributed by atoms with E-state index in [-0.39, 0.29) is 6.04 Å². The average Bonchev–Trinajstić information content (AvgIpc) is 2.47. The van der Waals surface area contributed by atoms with Crippen LogP contribution in [0.1, 0.15) is 29.7 Å². The van der Waals surface area contributed by atoms with E-state index < -0.39 is 0 Å². The molecule has 0 saturated heterocycles. The highest BCUT2D eigenvalue weighted by atomic mass is 16.5. The van der Waals surface area contributed by atoms with E-state index in [2.05, 4.69) is 0 Å². The molecule has 2 aromatic carbocycles. The zero-order chi connectivity index (χ0) is 14.5. The summed E-state index contributed by atoms with van der Waals surface area (Å²) in [7, 11) is 1.67. The lowest BCUT2D eigenvalue weighted by Gasteiger charge is -2.16. The Balaban J connectivity index is 2.24. The van der Waals surface area contributed by atoms with Gasteiger partial charge >= 0.3 is 0 Å². The second kappa shape index (κ2) is 6.44. The second-order valence-electron chi connectivity index (χ2n) is 4.70.